The number of hydrogen-bond donors (Lipinski definition) is 0. The summed E-state index contributed by atoms with van der Waals surface area (Å²) in [5.41, 5.74) is 5.74. The van der Waals surface area contributed by atoms with Gasteiger partial charge in [0.1, 0.15) is 34.6 Å². The van der Waals surface area contributed by atoms with Crippen LogP contribution in [0.4, 0.5) is 0 Å². The van der Waals surface area contributed by atoms with Gasteiger partial charge in [-0.25, -0.2) is 15.0 Å². The number of nitrogens with zero attached hydrogens (tertiary/aromatic N) is 7. The molecule has 0 aliphatic rings. The highest BCUT2D eigenvalue weighted by Crippen LogP contribution is 2.44. The third-order valence-corrected chi connectivity index (χ3v) is 9.93. The van der Waals surface area contributed by atoms with E-state index in [0.717, 1.165) is 66.4 Å². The Bertz CT molecular complexity index is 2830. The minimum absolute atomic E-state index is 0.0289. The van der Waals surface area contributed by atoms with E-state index in [1.165, 1.54) is 0 Å². The average molecular weight is 716 g/mol. The van der Waals surface area contributed by atoms with Crippen molar-refractivity contribution in [2.75, 3.05) is 0 Å². The summed E-state index contributed by atoms with van der Waals surface area (Å²) in [5.74, 6) is 4.78. The van der Waals surface area contributed by atoms with Crippen molar-refractivity contribution in [3.8, 4) is 46.0 Å². The molecule has 5 heterocycles. The minimum atomic E-state index is 0.0289. The summed E-state index contributed by atoms with van der Waals surface area (Å²) in [6.07, 6.45) is 6.82. The first-order chi connectivity index (χ1) is 27.1. The van der Waals surface area contributed by atoms with E-state index in [-0.39, 0.29) is 5.92 Å². The van der Waals surface area contributed by atoms with Gasteiger partial charge in [-0.05, 0) is 78.7 Å². The van der Waals surface area contributed by atoms with Crippen LogP contribution >= 0.6 is 0 Å². The van der Waals surface area contributed by atoms with Crippen LogP contribution in [0.15, 0.2) is 158 Å². The maximum Gasteiger partial charge on any atom is 0.181 e. The van der Waals surface area contributed by atoms with Gasteiger partial charge in [0, 0.05) is 63.4 Å². The highest BCUT2D eigenvalue weighted by molar-refractivity contribution is 6.10. The Morgan fingerprint density at radius 3 is 1.45 bits per heavy atom. The van der Waals surface area contributed by atoms with Gasteiger partial charge >= 0.3 is 0 Å². The first-order valence-corrected chi connectivity index (χ1v) is 18.2. The van der Waals surface area contributed by atoms with Crippen LogP contribution in [-0.2, 0) is 0 Å². The van der Waals surface area contributed by atoms with Crippen molar-refractivity contribution in [2.45, 2.75) is 19.8 Å². The summed E-state index contributed by atoms with van der Waals surface area (Å²) >= 11 is 0. The van der Waals surface area contributed by atoms with E-state index in [0.29, 0.717) is 28.8 Å². The van der Waals surface area contributed by atoms with Gasteiger partial charge in [0.2, 0.25) is 0 Å². The fourth-order valence-corrected chi connectivity index (χ4v) is 7.60. The van der Waals surface area contributed by atoms with Crippen molar-refractivity contribution in [3.05, 3.63) is 164 Å². The Kier molecular flexibility index (Phi) is 7.76. The van der Waals surface area contributed by atoms with E-state index in [4.69, 9.17) is 19.4 Å². The second kappa shape index (κ2) is 13.2. The zero-order chi connectivity index (χ0) is 36.9. The molecular formula is C46H33N7O2. The quantitative estimate of drug-likeness (QED) is 0.155. The van der Waals surface area contributed by atoms with Crippen molar-refractivity contribution in [1.29, 1.82) is 0 Å². The molecule has 0 aliphatic carbocycles. The number of ether oxygens (including phenoxy) is 2. The molecule has 10 aromatic rings. The van der Waals surface area contributed by atoms with Crippen molar-refractivity contribution >= 4 is 43.6 Å². The zero-order valence-electron chi connectivity index (χ0n) is 30.0. The number of rotatable bonds is 8. The van der Waals surface area contributed by atoms with Gasteiger partial charge in [0.15, 0.2) is 5.82 Å². The number of aromatic nitrogens is 7. The molecule has 0 spiro atoms. The van der Waals surface area contributed by atoms with E-state index in [2.05, 4.69) is 111 Å². The van der Waals surface area contributed by atoms with Gasteiger partial charge in [-0.15, -0.1) is 5.10 Å². The molecule has 0 radical (unpaired) electrons. The molecule has 9 nitrogen and oxygen atoms in total. The number of pyridine rings is 2. The molecule has 5 aromatic heterocycles. The molecule has 264 valence electrons. The van der Waals surface area contributed by atoms with Crippen LogP contribution in [0.5, 0.6) is 23.0 Å². The Morgan fingerprint density at radius 2 is 0.982 bits per heavy atom. The van der Waals surface area contributed by atoms with E-state index < -0.39 is 0 Å². The fraction of sp³-hybridized carbons (Fsp3) is 0.0652. The first kappa shape index (κ1) is 32.3. The number of benzene rings is 5. The molecule has 0 N–H and O–H groups in total. The van der Waals surface area contributed by atoms with Crippen molar-refractivity contribution < 1.29 is 9.47 Å². The van der Waals surface area contributed by atoms with Gasteiger partial charge in [-0.2, -0.15) is 5.10 Å². The predicted octanol–water partition coefficient (Wildman–Crippen LogP) is 11.2. The SMILES string of the molecule is CC(C)c1c(Oc2ccc3c4ccccc4n(-c4ccccn4)c3c2)cc(-c2nccnn2)cc1Oc1ccc2c3ccccc3n(-c3ccccn3)c2c1. The molecule has 0 unspecified atom stereocenters. The van der Waals surface area contributed by atoms with Gasteiger partial charge < -0.3 is 9.47 Å². The molecule has 0 bridgehead atoms. The van der Waals surface area contributed by atoms with E-state index >= 15 is 0 Å². The molecular weight excluding hydrogens is 683 g/mol. The molecule has 0 amide bonds. The molecule has 10 rings (SSSR count). The van der Waals surface area contributed by atoms with E-state index in [1.807, 2.05) is 73.1 Å². The molecule has 0 saturated heterocycles. The van der Waals surface area contributed by atoms with Crippen molar-refractivity contribution in [3.63, 3.8) is 0 Å². The molecule has 0 atom stereocenters. The average Bonchev–Trinajstić information content (AvgIpc) is 3.73. The van der Waals surface area contributed by atoms with Crippen molar-refractivity contribution in [2.24, 2.45) is 0 Å². The lowest BCUT2D eigenvalue weighted by atomic mass is 9.98. The molecule has 0 saturated carbocycles. The standard InChI is InChI=1S/C46H33N7O2/c1-29(2)45-41(54-31-17-19-35-33-11-3-5-13-37(33)52(39(35)27-31)43-15-7-9-21-47-43)25-30(46-49-23-24-50-51-46)26-42(45)55-32-18-20-36-34-12-4-6-14-38(34)53(40(36)28-32)44-16-8-10-22-48-44/h3-29H,1-2H3. The van der Waals surface area contributed by atoms with Gasteiger partial charge in [-0.3, -0.25) is 9.13 Å². The van der Waals surface area contributed by atoms with E-state index in [9.17, 15) is 0 Å². The van der Waals surface area contributed by atoms with Crippen LogP contribution < -0.4 is 9.47 Å². The fourth-order valence-electron chi connectivity index (χ4n) is 7.60. The van der Waals surface area contributed by atoms with Crippen LogP contribution in [0.1, 0.15) is 25.3 Å². The van der Waals surface area contributed by atoms with Crippen LogP contribution in [0.25, 0.3) is 66.6 Å². The third-order valence-electron chi connectivity index (χ3n) is 9.93. The zero-order valence-corrected chi connectivity index (χ0v) is 30.0. The monoisotopic (exact) mass is 715 g/mol. The highest BCUT2D eigenvalue weighted by atomic mass is 16.5. The summed E-state index contributed by atoms with van der Waals surface area (Å²) in [6, 6.07) is 45.0. The van der Waals surface area contributed by atoms with Crippen LogP contribution in [-0.4, -0.2) is 34.3 Å². The lowest BCUT2D eigenvalue weighted by Gasteiger charge is -2.20. The summed E-state index contributed by atoms with van der Waals surface area (Å²) in [6.45, 7) is 4.28. The van der Waals surface area contributed by atoms with Crippen LogP contribution in [0.3, 0.4) is 0 Å². The summed E-state index contributed by atoms with van der Waals surface area (Å²) in [7, 11) is 0. The Balaban J connectivity index is 1.13. The topological polar surface area (TPSA) is 92.8 Å². The van der Waals surface area contributed by atoms with Gasteiger partial charge in [0.25, 0.3) is 0 Å². The second-order valence-electron chi connectivity index (χ2n) is 13.7. The maximum absolute atomic E-state index is 6.89. The predicted molar refractivity (Wildman–Crippen MR) is 217 cm³/mol. The largest absolute Gasteiger partial charge is 0.457 e. The Hall–Kier alpha value is -7.39. The molecule has 55 heavy (non-hydrogen) atoms. The summed E-state index contributed by atoms with van der Waals surface area (Å²) in [4.78, 5) is 13.9. The van der Waals surface area contributed by atoms with Crippen LogP contribution in [0, 0.1) is 0 Å². The summed E-state index contributed by atoms with van der Waals surface area (Å²) in [5, 5.41) is 13.0. The number of para-hydroxylation sites is 2. The van der Waals surface area contributed by atoms with Crippen LogP contribution in [0.2, 0.25) is 0 Å². The number of fused-ring (bicyclic) bond motifs is 6. The van der Waals surface area contributed by atoms with Gasteiger partial charge in [0.05, 0.1) is 28.3 Å². The Morgan fingerprint density at radius 1 is 0.473 bits per heavy atom. The molecule has 0 aliphatic heterocycles. The molecule has 5 aromatic carbocycles. The number of hydrogen-bond acceptors (Lipinski definition) is 7. The normalized spacial score (nSPS) is 11.6. The highest BCUT2D eigenvalue weighted by Gasteiger charge is 2.22. The smallest absolute Gasteiger partial charge is 0.181 e. The van der Waals surface area contributed by atoms with Gasteiger partial charge in [-0.1, -0.05) is 62.4 Å². The van der Waals surface area contributed by atoms with E-state index in [1.54, 1.807) is 12.4 Å². The lowest BCUT2D eigenvalue weighted by molar-refractivity contribution is 0.445. The second-order valence-corrected chi connectivity index (χ2v) is 13.7. The third kappa shape index (κ3) is 5.61. The Labute approximate surface area is 316 Å². The summed E-state index contributed by atoms with van der Waals surface area (Å²) < 4.78 is 18.1. The minimum Gasteiger partial charge on any atom is -0.457 e. The molecule has 0 fully saturated rings. The molecule has 9 heteroatoms. The lowest BCUT2D eigenvalue weighted by Crippen LogP contribution is -2.01. The first-order valence-electron chi connectivity index (χ1n) is 18.2. The van der Waals surface area contributed by atoms with Crippen molar-refractivity contribution in [1.82, 2.24) is 34.3 Å². The maximum atomic E-state index is 6.89.